The Labute approximate surface area is 116 Å². The molecular formula is C16H25NO2. The summed E-state index contributed by atoms with van der Waals surface area (Å²) in [7, 11) is 0. The molecule has 3 unspecified atom stereocenters. The van der Waals surface area contributed by atoms with Crippen LogP contribution in [-0.2, 0) is 11.2 Å². The SMILES string of the molecule is CCC1CC(NC(CO)Cc2ccccc2)CCO1. The second kappa shape index (κ2) is 7.63. The Bertz CT molecular complexity index is 355. The van der Waals surface area contributed by atoms with E-state index in [0.29, 0.717) is 12.1 Å². The Kier molecular flexibility index (Phi) is 5.83. The highest BCUT2D eigenvalue weighted by Crippen LogP contribution is 2.17. The number of rotatable bonds is 6. The molecule has 1 aliphatic rings. The van der Waals surface area contributed by atoms with Crippen LogP contribution in [0.2, 0.25) is 0 Å². The van der Waals surface area contributed by atoms with Crippen LogP contribution >= 0.6 is 0 Å². The molecule has 3 nitrogen and oxygen atoms in total. The molecule has 1 aliphatic heterocycles. The molecule has 2 N–H and O–H groups in total. The molecule has 1 heterocycles. The van der Waals surface area contributed by atoms with Gasteiger partial charge in [-0.25, -0.2) is 0 Å². The number of aliphatic hydroxyl groups is 1. The van der Waals surface area contributed by atoms with E-state index in [-0.39, 0.29) is 12.6 Å². The van der Waals surface area contributed by atoms with Gasteiger partial charge in [-0.05, 0) is 31.2 Å². The monoisotopic (exact) mass is 263 g/mol. The maximum atomic E-state index is 9.55. The summed E-state index contributed by atoms with van der Waals surface area (Å²) in [6, 6.07) is 11.0. The third-order valence-corrected chi connectivity index (χ3v) is 3.84. The van der Waals surface area contributed by atoms with E-state index in [4.69, 9.17) is 4.74 Å². The number of hydrogen-bond acceptors (Lipinski definition) is 3. The molecule has 1 fully saturated rings. The van der Waals surface area contributed by atoms with E-state index in [0.717, 1.165) is 32.3 Å². The van der Waals surface area contributed by atoms with Crippen LogP contribution in [0.4, 0.5) is 0 Å². The highest BCUT2D eigenvalue weighted by Gasteiger charge is 2.23. The largest absolute Gasteiger partial charge is 0.395 e. The van der Waals surface area contributed by atoms with Crippen LogP contribution in [-0.4, -0.2) is 36.5 Å². The lowest BCUT2D eigenvalue weighted by Gasteiger charge is -2.32. The third kappa shape index (κ3) is 4.60. The van der Waals surface area contributed by atoms with Crippen molar-refractivity contribution in [3.8, 4) is 0 Å². The van der Waals surface area contributed by atoms with E-state index in [9.17, 15) is 5.11 Å². The Morgan fingerprint density at radius 1 is 1.37 bits per heavy atom. The van der Waals surface area contributed by atoms with Gasteiger partial charge in [0.05, 0.1) is 12.7 Å². The maximum absolute atomic E-state index is 9.55. The quantitative estimate of drug-likeness (QED) is 0.826. The minimum absolute atomic E-state index is 0.142. The van der Waals surface area contributed by atoms with Gasteiger partial charge < -0.3 is 15.2 Å². The van der Waals surface area contributed by atoms with Gasteiger partial charge in [-0.2, -0.15) is 0 Å². The molecule has 0 saturated carbocycles. The molecule has 19 heavy (non-hydrogen) atoms. The molecular weight excluding hydrogens is 238 g/mol. The summed E-state index contributed by atoms with van der Waals surface area (Å²) in [5.74, 6) is 0. The van der Waals surface area contributed by atoms with Gasteiger partial charge >= 0.3 is 0 Å². The van der Waals surface area contributed by atoms with Gasteiger partial charge in [0.2, 0.25) is 0 Å². The first-order chi connectivity index (χ1) is 9.31. The van der Waals surface area contributed by atoms with Gasteiger partial charge in [-0.1, -0.05) is 37.3 Å². The predicted molar refractivity (Wildman–Crippen MR) is 77.2 cm³/mol. The average molecular weight is 263 g/mol. The molecule has 1 aromatic rings. The first kappa shape index (κ1) is 14.5. The van der Waals surface area contributed by atoms with Crippen molar-refractivity contribution in [3.05, 3.63) is 35.9 Å². The van der Waals surface area contributed by atoms with Crippen molar-refractivity contribution in [3.63, 3.8) is 0 Å². The molecule has 0 spiro atoms. The zero-order valence-corrected chi connectivity index (χ0v) is 11.7. The zero-order valence-electron chi connectivity index (χ0n) is 11.7. The van der Waals surface area contributed by atoms with Crippen molar-refractivity contribution in [1.82, 2.24) is 5.32 Å². The fourth-order valence-corrected chi connectivity index (χ4v) is 2.72. The Balaban J connectivity index is 1.85. The Morgan fingerprint density at radius 3 is 2.84 bits per heavy atom. The standard InChI is InChI=1S/C16H25NO2/c1-2-16-11-14(8-9-19-16)17-15(12-18)10-13-6-4-3-5-7-13/h3-7,14-18H,2,8-12H2,1H3. The van der Waals surface area contributed by atoms with Crippen LogP contribution < -0.4 is 5.32 Å². The molecule has 0 bridgehead atoms. The van der Waals surface area contributed by atoms with Gasteiger partial charge in [0, 0.05) is 18.7 Å². The molecule has 0 amide bonds. The molecule has 2 rings (SSSR count). The molecule has 1 saturated heterocycles. The highest BCUT2D eigenvalue weighted by molar-refractivity contribution is 5.16. The first-order valence-electron chi connectivity index (χ1n) is 7.34. The van der Waals surface area contributed by atoms with Gasteiger partial charge in [0.1, 0.15) is 0 Å². The van der Waals surface area contributed by atoms with Crippen LogP contribution in [0.5, 0.6) is 0 Å². The second-order valence-electron chi connectivity index (χ2n) is 5.36. The molecule has 106 valence electrons. The van der Waals surface area contributed by atoms with E-state index in [1.807, 2.05) is 18.2 Å². The number of ether oxygens (including phenoxy) is 1. The topological polar surface area (TPSA) is 41.5 Å². The average Bonchev–Trinajstić information content (AvgIpc) is 2.48. The summed E-state index contributed by atoms with van der Waals surface area (Å²) in [5, 5.41) is 13.1. The molecule has 1 aromatic carbocycles. The fourth-order valence-electron chi connectivity index (χ4n) is 2.72. The van der Waals surface area contributed by atoms with Crippen LogP contribution in [0.25, 0.3) is 0 Å². The van der Waals surface area contributed by atoms with Gasteiger partial charge in [-0.15, -0.1) is 0 Å². The van der Waals surface area contributed by atoms with E-state index >= 15 is 0 Å². The normalized spacial score (nSPS) is 25.2. The van der Waals surface area contributed by atoms with Crippen molar-refractivity contribution < 1.29 is 9.84 Å². The fraction of sp³-hybridized carbons (Fsp3) is 0.625. The lowest BCUT2D eigenvalue weighted by molar-refractivity contribution is -0.00324. The van der Waals surface area contributed by atoms with Gasteiger partial charge in [0.25, 0.3) is 0 Å². The second-order valence-corrected chi connectivity index (χ2v) is 5.36. The third-order valence-electron chi connectivity index (χ3n) is 3.84. The van der Waals surface area contributed by atoms with Gasteiger partial charge in [-0.3, -0.25) is 0 Å². The summed E-state index contributed by atoms with van der Waals surface area (Å²) < 4.78 is 5.69. The van der Waals surface area contributed by atoms with E-state index < -0.39 is 0 Å². The van der Waals surface area contributed by atoms with E-state index in [2.05, 4.69) is 24.4 Å². The summed E-state index contributed by atoms with van der Waals surface area (Å²) >= 11 is 0. The van der Waals surface area contributed by atoms with Crippen molar-refractivity contribution in [2.24, 2.45) is 0 Å². The van der Waals surface area contributed by atoms with Crippen LogP contribution in [0.15, 0.2) is 30.3 Å². The number of nitrogens with one attached hydrogen (secondary N) is 1. The van der Waals surface area contributed by atoms with Gasteiger partial charge in [0.15, 0.2) is 0 Å². The summed E-state index contributed by atoms with van der Waals surface area (Å²) in [6.45, 7) is 3.18. The van der Waals surface area contributed by atoms with Crippen LogP contribution in [0, 0.1) is 0 Å². The predicted octanol–water partition coefficient (Wildman–Crippen LogP) is 2.14. The lowest BCUT2D eigenvalue weighted by atomic mass is 9.99. The Hall–Kier alpha value is -0.900. The lowest BCUT2D eigenvalue weighted by Crippen LogP contribution is -2.46. The first-order valence-corrected chi connectivity index (χ1v) is 7.34. The molecule has 0 aromatic heterocycles. The summed E-state index contributed by atoms with van der Waals surface area (Å²) in [5.41, 5.74) is 1.27. The minimum Gasteiger partial charge on any atom is -0.395 e. The number of aliphatic hydroxyl groups excluding tert-OH is 1. The molecule has 3 atom stereocenters. The molecule has 0 aliphatic carbocycles. The minimum atomic E-state index is 0.142. The van der Waals surface area contributed by atoms with Crippen LogP contribution in [0.1, 0.15) is 31.7 Å². The summed E-state index contributed by atoms with van der Waals surface area (Å²) in [4.78, 5) is 0. The smallest absolute Gasteiger partial charge is 0.0587 e. The van der Waals surface area contributed by atoms with Crippen molar-refractivity contribution >= 4 is 0 Å². The zero-order chi connectivity index (χ0) is 13.5. The maximum Gasteiger partial charge on any atom is 0.0587 e. The highest BCUT2D eigenvalue weighted by atomic mass is 16.5. The molecule has 3 heteroatoms. The van der Waals surface area contributed by atoms with Crippen molar-refractivity contribution in [2.75, 3.05) is 13.2 Å². The Morgan fingerprint density at radius 2 is 2.16 bits per heavy atom. The van der Waals surface area contributed by atoms with Crippen molar-refractivity contribution in [2.45, 2.75) is 50.8 Å². The van der Waals surface area contributed by atoms with Crippen LogP contribution in [0.3, 0.4) is 0 Å². The number of benzene rings is 1. The van der Waals surface area contributed by atoms with E-state index in [1.165, 1.54) is 5.56 Å². The van der Waals surface area contributed by atoms with E-state index in [1.54, 1.807) is 0 Å². The van der Waals surface area contributed by atoms with Crippen molar-refractivity contribution in [1.29, 1.82) is 0 Å². The summed E-state index contributed by atoms with van der Waals surface area (Å²) in [6.07, 6.45) is 4.43. The molecule has 0 radical (unpaired) electrons. The number of hydrogen-bond donors (Lipinski definition) is 2.